The predicted molar refractivity (Wildman–Crippen MR) is 232 cm³/mol. The molecule has 0 radical (unpaired) electrons. The van der Waals surface area contributed by atoms with Crippen LogP contribution in [0.5, 0.6) is 23.0 Å². The van der Waals surface area contributed by atoms with Gasteiger partial charge in [-0.3, -0.25) is 0 Å². The molecule has 10 aliphatic carbocycles. The van der Waals surface area contributed by atoms with Gasteiger partial charge in [0.2, 0.25) is 0 Å². The fourth-order valence-corrected chi connectivity index (χ4v) is 16.6. The Hall–Kier alpha value is -3.68. The van der Waals surface area contributed by atoms with Crippen LogP contribution in [-0.2, 0) is 20.5 Å². The molecule has 60 heavy (non-hydrogen) atoms. The Labute approximate surface area is 357 Å². The van der Waals surface area contributed by atoms with Gasteiger partial charge < -0.3 is 20.4 Å². The molecule has 324 valence electrons. The lowest BCUT2D eigenvalue weighted by atomic mass is 9.48. The molecule has 0 aliphatic heterocycles. The van der Waals surface area contributed by atoms with Gasteiger partial charge in [-0.15, -0.1) is 0 Å². The van der Waals surface area contributed by atoms with E-state index in [-0.39, 0.29) is 87.6 Å². The summed E-state index contributed by atoms with van der Waals surface area (Å²) in [4.78, 5) is 24.5. The van der Waals surface area contributed by atoms with Gasteiger partial charge in [0, 0.05) is 23.0 Å². The SMILES string of the molecule is C=C(C)[C@@H]1CC[C@@H](CO[N+](=O)OC[C@@H]2CC[C@@H](C(=C)C)[C@H](c3c(O)cc(C45CC6CC(CC(C6)C4)C5)cc3O)C2)C[C@H]1c1c(O)cc(C23CC4CC(CC(C4)C2)C3)cc1O. The molecule has 0 aromatic heterocycles. The van der Waals surface area contributed by atoms with Crippen LogP contribution >= 0.6 is 0 Å². The van der Waals surface area contributed by atoms with Gasteiger partial charge in [0.1, 0.15) is 27.9 Å². The molecular formula is C52H70NO7+. The van der Waals surface area contributed by atoms with E-state index in [0.717, 1.165) is 83.5 Å². The zero-order valence-corrected chi connectivity index (χ0v) is 36.3. The van der Waals surface area contributed by atoms with E-state index < -0.39 is 0 Å². The van der Waals surface area contributed by atoms with Crippen molar-refractivity contribution in [1.29, 1.82) is 0 Å². The van der Waals surface area contributed by atoms with Crippen LogP contribution in [-0.4, -0.2) is 38.7 Å². The maximum Gasteiger partial charge on any atom is 0.477 e. The van der Waals surface area contributed by atoms with Crippen molar-refractivity contribution < 1.29 is 35.2 Å². The molecule has 0 amide bonds. The fourth-order valence-electron chi connectivity index (χ4n) is 16.6. The van der Waals surface area contributed by atoms with Crippen LogP contribution in [0.25, 0.3) is 0 Å². The highest BCUT2D eigenvalue weighted by Crippen LogP contribution is 2.64. The van der Waals surface area contributed by atoms with E-state index >= 15 is 0 Å². The Balaban J connectivity index is 0.775. The van der Waals surface area contributed by atoms with E-state index in [1.165, 1.54) is 77.0 Å². The van der Waals surface area contributed by atoms with Crippen LogP contribution in [0.2, 0.25) is 0 Å². The van der Waals surface area contributed by atoms with Crippen LogP contribution in [0, 0.1) is 64.1 Å². The van der Waals surface area contributed by atoms with E-state index in [0.29, 0.717) is 24.0 Å². The molecule has 12 rings (SSSR count). The number of hydrogen-bond donors (Lipinski definition) is 4. The maximum atomic E-state index is 13.1. The van der Waals surface area contributed by atoms with Crippen LogP contribution in [0.4, 0.5) is 0 Å². The van der Waals surface area contributed by atoms with Gasteiger partial charge >= 0.3 is 5.09 Å². The Morgan fingerprint density at radius 3 is 1.13 bits per heavy atom. The van der Waals surface area contributed by atoms with Crippen molar-refractivity contribution in [3.63, 3.8) is 0 Å². The van der Waals surface area contributed by atoms with Crippen molar-refractivity contribution in [2.45, 2.75) is 152 Å². The largest absolute Gasteiger partial charge is 0.508 e. The van der Waals surface area contributed by atoms with Crippen molar-refractivity contribution in [2.24, 2.45) is 59.2 Å². The number of rotatable bonds is 12. The van der Waals surface area contributed by atoms with E-state index in [1.807, 2.05) is 38.1 Å². The van der Waals surface area contributed by atoms with Gasteiger partial charge in [-0.05, 0) is 235 Å². The molecule has 0 saturated heterocycles. The van der Waals surface area contributed by atoms with Crippen LogP contribution in [0.15, 0.2) is 48.6 Å². The first-order chi connectivity index (χ1) is 28.7. The predicted octanol–water partition coefficient (Wildman–Crippen LogP) is 11.9. The molecule has 10 fully saturated rings. The molecule has 10 aliphatic rings. The summed E-state index contributed by atoms with van der Waals surface area (Å²) in [5.41, 5.74) is 5.66. The Morgan fingerprint density at radius 2 is 0.850 bits per heavy atom. The average molecular weight is 821 g/mol. The van der Waals surface area contributed by atoms with Gasteiger partial charge in [0.15, 0.2) is 13.2 Å². The monoisotopic (exact) mass is 821 g/mol. The standard InChI is InChI=1S/C52H69NO7/c1-29(2)41-7-5-31(15-43(41)49-45(54)17-39(18-46(49)55)51-21-33-9-34(22-51)11-35(10-33)23-51)27-59-53(58)60-28-32-6-8-42(30(3)4)44(16-32)50-47(56)19-40(20-48(50)57)52-24-36-12-37(25-52)14-38(13-36)26-52/h17-20,31-38,41-44H,1,3,5-16,21-28H2,2,4H3,(H3-,54,55,56,57)/p+1/t31-,32-,33?,34?,35?,36?,37?,38?,41+,42+,43-,44-,51?,52?/m1/s1. The van der Waals surface area contributed by atoms with E-state index in [2.05, 4.69) is 13.2 Å². The third kappa shape index (κ3) is 7.21. The van der Waals surface area contributed by atoms with Crippen LogP contribution < -0.4 is 0 Å². The normalized spacial score (nSPS) is 40.0. The fraction of sp³-hybridized carbons (Fsp3) is 0.692. The highest BCUT2D eigenvalue weighted by molar-refractivity contribution is 5.53. The molecule has 8 bridgehead atoms. The molecule has 8 heteroatoms. The summed E-state index contributed by atoms with van der Waals surface area (Å²) in [7, 11) is 0. The van der Waals surface area contributed by atoms with Crippen molar-refractivity contribution in [2.75, 3.05) is 13.2 Å². The Morgan fingerprint density at radius 1 is 0.550 bits per heavy atom. The van der Waals surface area contributed by atoms with Crippen LogP contribution in [0.3, 0.4) is 0 Å². The number of phenolic OH excluding ortho intramolecular Hbond substituents is 4. The number of phenols is 4. The van der Waals surface area contributed by atoms with E-state index in [9.17, 15) is 25.3 Å². The zero-order valence-electron chi connectivity index (χ0n) is 36.3. The van der Waals surface area contributed by atoms with Crippen molar-refractivity contribution in [3.8, 4) is 23.0 Å². The van der Waals surface area contributed by atoms with Gasteiger partial charge in [0.05, 0.1) is 0 Å². The first kappa shape index (κ1) is 40.4. The molecule has 8 nitrogen and oxygen atoms in total. The average Bonchev–Trinajstić information content (AvgIpc) is 3.17. The Kier molecular flexibility index (Phi) is 10.3. The molecular weight excluding hydrogens is 751 g/mol. The molecule has 2 aromatic rings. The lowest BCUT2D eigenvalue weighted by Gasteiger charge is -2.57. The summed E-state index contributed by atoms with van der Waals surface area (Å²) < 4.78 is 0. The maximum absolute atomic E-state index is 13.1. The highest BCUT2D eigenvalue weighted by Gasteiger charge is 2.53. The summed E-state index contributed by atoms with van der Waals surface area (Å²) >= 11 is 0. The number of aromatic hydroxyl groups is 4. The minimum atomic E-state index is -0.133. The molecule has 0 unspecified atom stereocenters. The molecule has 4 N–H and O–H groups in total. The second-order valence-electron chi connectivity index (χ2n) is 22.5. The summed E-state index contributed by atoms with van der Waals surface area (Å²) in [5, 5.41) is 46.9. The number of hydrogen-bond acceptors (Lipinski definition) is 7. The van der Waals surface area contributed by atoms with E-state index in [1.54, 1.807) is 0 Å². The second-order valence-corrected chi connectivity index (χ2v) is 22.5. The second kappa shape index (κ2) is 15.3. The summed E-state index contributed by atoms with van der Waals surface area (Å²) in [6.07, 6.45) is 19.7. The zero-order chi connectivity index (χ0) is 41.7. The summed E-state index contributed by atoms with van der Waals surface area (Å²) in [6, 6.07) is 7.89. The smallest absolute Gasteiger partial charge is 0.477 e. The highest BCUT2D eigenvalue weighted by atomic mass is 17.0. The third-order valence-corrected chi connectivity index (χ3v) is 18.3. The van der Waals surface area contributed by atoms with Gasteiger partial charge in [-0.2, -0.15) is 9.68 Å². The van der Waals surface area contributed by atoms with Crippen molar-refractivity contribution >= 4 is 0 Å². The number of allylic oxidation sites excluding steroid dienone is 2. The number of nitrogens with zero attached hydrogens (tertiary/aromatic N) is 1. The Bertz CT molecular complexity index is 1780. The van der Waals surface area contributed by atoms with Crippen molar-refractivity contribution in [3.05, 3.63) is 75.7 Å². The topological polar surface area (TPSA) is 119 Å². The molecule has 10 saturated carbocycles. The lowest BCUT2D eigenvalue weighted by Crippen LogP contribution is -2.48. The number of benzene rings is 2. The quantitative estimate of drug-likeness (QED) is 0.124. The molecule has 2 aromatic carbocycles. The van der Waals surface area contributed by atoms with E-state index in [4.69, 9.17) is 9.68 Å². The summed E-state index contributed by atoms with van der Waals surface area (Å²) in [6.45, 7) is 13.0. The minimum absolute atomic E-state index is 0.0371. The van der Waals surface area contributed by atoms with Gasteiger partial charge in [-0.25, -0.2) is 0 Å². The van der Waals surface area contributed by atoms with Crippen molar-refractivity contribution in [1.82, 2.24) is 0 Å². The molecule has 6 atom stereocenters. The first-order valence-corrected chi connectivity index (χ1v) is 23.9. The molecule has 0 heterocycles. The first-order valence-electron chi connectivity index (χ1n) is 23.9. The van der Waals surface area contributed by atoms with Crippen LogP contribution in [0.1, 0.15) is 164 Å². The van der Waals surface area contributed by atoms with Gasteiger partial charge in [0.25, 0.3) is 0 Å². The third-order valence-electron chi connectivity index (χ3n) is 18.3. The van der Waals surface area contributed by atoms with Gasteiger partial charge in [-0.1, -0.05) is 24.3 Å². The molecule has 0 spiro atoms. The summed E-state index contributed by atoms with van der Waals surface area (Å²) in [5.74, 6) is 5.40. The minimum Gasteiger partial charge on any atom is -0.508 e. The lowest BCUT2D eigenvalue weighted by molar-refractivity contribution is -0.982.